The first-order valence-corrected chi connectivity index (χ1v) is 5.85. The van der Waals surface area contributed by atoms with Crippen molar-refractivity contribution in [2.45, 2.75) is 19.3 Å². The predicted molar refractivity (Wildman–Crippen MR) is 61.9 cm³/mol. The van der Waals surface area contributed by atoms with Crippen molar-refractivity contribution < 1.29 is 4.79 Å². The number of carbonyl (C=O) groups excluding carboxylic acids is 1. The van der Waals surface area contributed by atoms with E-state index in [4.69, 9.17) is 0 Å². The van der Waals surface area contributed by atoms with Gasteiger partial charge in [0.1, 0.15) is 0 Å². The Morgan fingerprint density at radius 3 is 2.67 bits per heavy atom. The van der Waals surface area contributed by atoms with Crippen LogP contribution in [0.4, 0.5) is 0 Å². The normalized spacial score (nSPS) is 16.3. The summed E-state index contributed by atoms with van der Waals surface area (Å²) in [4.78, 5) is 15.8. The molecule has 88 valence electrons. The fraction of sp³-hybridized carbons (Fsp3) is 0.909. The molecule has 1 aliphatic rings. The Labute approximate surface area is 92.6 Å². The smallest absolute Gasteiger partial charge is 0.236 e. The SMILES string of the molecule is CNCCCN(C)CC(=O)N1CCCC1. The summed E-state index contributed by atoms with van der Waals surface area (Å²) in [5.74, 6) is 0.291. The first-order chi connectivity index (χ1) is 7.24. The molecule has 15 heavy (non-hydrogen) atoms. The Kier molecular flexibility index (Phi) is 5.65. The number of hydrogen-bond donors (Lipinski definition) is 1. The number of rotatable bonds is 6. The van der Waals surface area contributed by atoms with E-state index in [9.17, 15) is 4.79 Å². The molecule has 0 aromatic heterocycles. The summed E-state index contributed by atoms with van der Waals surface area (Å²) in [6.45, 7) is 4.50. The van der Waals surface area contributed by atoms with E-state index in [1.54, 1.807) is 0 Å². The van der Waals surface area contributed by atoms with Gasteiger partial charge in [-0.3, -0.25) is 9.69 Å². The Morgan fingerprint density at radius 2 is 2.07 bits per heavy atom. The Hall–Kier alpha value is -0.610. The lowest BCUT2D eigenvalue weighted by atomic mass is 10.3. The lowest BCUT2D eigenvalue weighted by molar-refractivity contribution is -0.131. The molecule has 0 radical (unpaired) electrons. The van der Waals surface area contributed by atoms with Crippen LogP contribution in [0.25, 0.3) is 0 Å². The first-order valence-electron chi connectivity index (χ1n) is 5.85. The van der Waals surface area contributed by atoms with Crippen LogP contribution in [0.3, 0.4) is 0 Å². The number of amides is 1. The van der Waals surface area contributed by atoms with E-state index < -0.39 is 0 Å². The van der Waals surface area contributed by atoms with Gasteiger partial charge in [-0.1, -0.05) is 0 Å². The van der Waals surface area contributed by atoms with Crippen LogP contribution in [0.1, 0.15) is 19.3 Å². The van der Waals surface area contributed by atoms with Crippen LogP contribution in [0, 0.1) is 0 Å². The molecule has 0 atom stereocenters. The van der Waals surface area contributed by atoms with Crippen molar-refractivity contribution in [3.63, 3.8) is 0 Å². The topological polar surface area (TPSA) is 35.6 Å². The molecule has 0 aliphatic carbocycles. The maximum Gasteiger partial charge on any atom is 0.236 e. The number of nitrogens with one attached hydrogen (secondary N) is 1. The molecule has 1 saturated heterocycles. The molecule has 4 heteroatoms. The average Bonchev–Trinajstić information content (AvgIpc) is 2.70. The Bertz CT molecular complexity index is 190. The molecule has 1 heterocycles. The summed E-state index contributed by atoms with van der Waals surface area (Å²) < 4.78 is 0. The maximum absolute atomic E-state index is 11.8. The van der Waals surface area contributed by atoms with Gasteiger partial charge in [0.2, 0.25) is 5.91 Å². The van der Waals surface area contributed by atoms with E-state index in [0.29, 0.717) is 12.5 Å². The van der Waals surface area contributed by atoms with Gasteiger partial charge >= 0.3 is 0 Å². The van der Waals surface area contributed by atoms with Crippen LogP contribution in [-0.2, 0) is 4.79 Å². The average molecular weight is 213 g/mol. The van der Waals surface area contributed by atoms with Gasteiger partial charge in [-0.05, 0) is 46.4 Å². The van der Waals surface area contributed by atoms with Crippen molar-refractivity contribution in [3.05, 3.63) is 0 Å². The highest BCUT2D eigenvalue weighted by molar-refractivity contribution is 5.78. The van der Waals surface area contributed by atoms with Crippen LogP contribution in [-0.4, -0.2) is 62.5 Å². The summed E-state index contributed by atoms with van der Waals surface area (Å²) >= 11 is 0. The van der Waals surface area contributed by atoms with Crippen molar-refractivity contribution in [1.29, 1.82) is 0 Å². The van der Waals surface area contributed by atoms with E-state index in [1.807, 2.05) is 19.0 Å². The summed E-state index contributed by atoms with van der Waals surface area (Å²) in [7, 11) is 3.97. The number of carbonyl (C=O) groups is 1. The van der Waals surface area contributed by atoms with Crippen LogP contribution in [0.15, 0.2) is 0 Å². The summed E-state index contributed by atoms with van der Waals surface area (Å²) in [6.07, 6.45) is 3.45. The third-order valence-corrected chi connectivity index (χ3v) is 2.83. The van der Waals surface area contributed by atoms with Crippen molar-refractivity contribution in [2.24, 2.45) is 0 Å². The zero-order chi connectivity index (χ0) is 11.1. The summed E-state index contributed by atoms with van der Waals surface area (Å²) in [5.41, 5.74) is 0. The van der Waals surface area contributed by atoms with E-state index in [1.165, 1.54) is 12.8 Å². The Balaban J connectivity index is 2.13. The van der Waals surface area contributed by atoms with Gasteiger partial charge in [0.05, 0.1) is 6.54 Å². The third-order valence-electron chi connectivity index (χ3n) is 2.83. The number of likely N-dealkylation sites (N-methyl/N-ethyl adjacent to an activating group) is 1. The van der Waals surface area contributed by atoms with Gasteiger partial charge in [-0.2, -0.15) is 0 Å². The second-order valence-electron chi connectivity index (χ2n) is 4.28. The molecule has 1 rings (SSSR count). The van der Waals surface area contributed by atoms with Gasteiger partial charge in [0.15, 0.2) is 0 Å². The number of nitrogens with zero attached hydrogens (tertiary/aromatic N) is 2. The minimum Gasteiger partial charge on any atom is -0.342 e. The van der Waals surface area contributed by atoms with E-state index >= 15 is 0 Å². The third kappa shape index (κ3) is 4.62. The van der Waals surface area contributed by atoms with Gasteiger partial charge < -0.3 is 10.2 Å². The zero-order valence-corrected chi connectivity index (χ0v) is 9.96. The molecule has 1 fully saturated rings. The molecule has 0 bridgehead atoms. The molecule has 1 N–H and O–H groups in total. The second-order valence-corrected chi connectivity index (χ2v) is 4.28. The summed E-state index contributed by atoms with van der Waals surface area (Å²) in [6, 6.07) is 0. The van der Waals surface area contributed by atoms with Crippen LogP contribution < -0.4 is 5.32 Å². The molecule has 0 aromatic carbocycles. The first kappa shape index (κ1) is 12.5. The second kappa shape index (κ2) is 6.80. The molecule has 0 spiro atoms. The highest BCUT2D eigenvalue weighted by Gasteiger charge is 2.18. The van der Waals surface area contributed by atoms with Gasteiger partial charge in [-0.15, -0.1) is 0 Å². The monoisotopic (exact) mass is 213 g/mol. The molecular formula is C11H23N3O. The van der Waals surface area contributed by atoms with Gasteiger partial charge in [0.25, 0.3) is 0 Å². The molecule has 1 aliphatic heterocycles. The summed E-state index contributed by atoms with van der Waals surface area (Å²) in [5, 5.41) is 3.11. The maximum atomic E-state index is 11.8. The van der Waals surface area contributed by atoms with Gasteiger partial charge in [-0.25, -0.2) is 0 Å². The fourth-order valence-electron chi connectivity index (χ4n) is 1.90. The standard InChI is InChI=1S/C11H23N3O/c1-12-6-5-7-13(2)10-11(15)14-8-3-4-9-14/h12H,3-10H2,1-2H3. The fourth-order valence-corrected chi connectivity index (χ4v) is 1.90. The molecule has 0 unspecified atom stereocenters. The molecule has 0 saturated carbocycles. The van der Waals surface area contributed by atoms with Crippen molar-refractivity contribution in [3.8, 4) is 0 Å². The van der Waals surface area contributed by atoms with Crippen molar-refractivity contribution >= 4 is 5.91 Å². The lowest BCUT2D eigenvalue weighted by Gasteiger charge is -2.20. The largest absolute Gasteiger partial charge is 0.342 e. The minimum atomic E-state index is 0.291. The molecule has 1 amide bonds. The molecule has 0 aromatic rings. The van der Waals surface area contributed by atoms with E-state index in [-0.39, 0.29) is 0 Å². The minimum absolute atomic E-state index is 0.291. The zero-order valence-electron chi connectivity index (χ0n) is 9.96. The number of hydrogen-bond acceptors (Lipinski definition) is 3. The lowest BCUT2D eigenvalue weighted by Crippen LogP contribution is -2.37. The van der Waals surface area contributed by atoms with Crippen LogP contribution >= 0.6 is 0 Å². The van der Waals surface area contributed by atoms with Crippen LogP contribution in [0.2, 0.25) is 0 Å². The predicted octanol–water partition coefficient (Wildman–Crippen LogP) is 0.150. The van der Waals surface area contributed by atoms with E-state index in [0.717, 1.165) is 32.6 Å². The van der Waals surface area contributed by atoms with Gasteiger partial charge in [0, 0.05) is 13.1 Å². The Morgan fingerprint density at radius 1 is 1.40 bits per heavy atom. The van der Waals surface area contributed by atoms with Crippen LogP contribution in [0.5, 0.6) is 0 Å². The highest BCUT2D eigenvalue weighted by Crippen LogP contribution is 2.07. The van der Waals surface area contributed by atoms with E-state index in [2.05, 4.69) is 10.2 Å². The van der Waals surface area contributed by atoms with Crippen molar-refractivity contribution in [1.82, 2.24) is 15.1 Å². The quantitative estimate of drug-likeness (QED) is 0.638. The molecule has 4 nitrogen and oxygen atoms in total. The number of likely N-dealkylation sites (tertiary alicyclic amines) is 1. The highest BCUT2D eigenvalue weighted by atomic mass is 16.2. The van der Waals surface area contributed by atoms with Crippen molar-refractivity contribution in [2.75, 3.05) is 46.8 Å². The molecular weight excluding hydrogens is 190 g/mol.